The molecule has 0 bridgehead atoms. The van der Waals surface area contributed by atoms with E-state index in [1.807, 2.05) is 24.3 Å². The molecule has 2 heterocycles. The van der Waals surface area contributed by atoms with E-state index in [2.05, 4.69) is 10.3 Å². The Morgan fingerprint density at radius 1 is 1.21 bits per heavy atom. The summed E-state index contributed by atoms with van der Waals surface area (Å²) in [6, 6.07) is 10.9. The third kappa shape index (κ3) is 5.97. The van der Waals surface area contributed by atoms with Crippen molar-refractivity contribution in [2.24, 2.45) is 5.73 Å². The number of amides is 1. The Hall–Kier alpha value is -2.06. The van der Waals surface area contributed by atoms with Crippen LogP contribution in [-0.2, 0) is 16.1 Å². The van der Waals surface area contributed by atoms with Gasteiger partial charge in [-0.05, 0) is 31.0 Å². The number of hydrogen-bond acceptors (Lipinski definition) is 6. The fourth-order valence-electron chi connectivity index (χ4n) is 2.74. The first kappa shape index (κ1) is 24.0. The number of carbonyl (C=O) groups excluding carboxylic acids is 1. The van der Waals surface area contributed by atoms with Crippen LogP contribution in [0.25, 0.3) is 0 Å². The van der Waals surface area contributed by atoms with Crippen LogP contribution < -0.4 is 20.5 Å². The number of halogens is 2. The molecule has 7 nitrogen and oxygen atoms in total. The summed E-state index contributed by atoms with van der Waals surface area (Å²) in [7, 11) is 1.60. The predicted molar refractivity (Wildman–Crippen MR) is 111 cm³/mol. The minimum absolute atomic E-state index is 0. The van der Waals surface area contributed by atoms with Crippen LogP contribution in [0.15, 0.2) is 42.6 Å². The van der Waals surface area contributed by atoms with Crippen molar-refractivity contribution in [1.82, 2.24) is 10.3 Å². The summed E-state index contributed by atoms with van der Waals surface area (Å²) >= 11 is 0. The monoisotopic (exact) mass is 429 g/mol. The molecule has 154 valence electrons. The molecule has 1 aromatic heterocycles. The number of carbonyl (C=O) groups is 1. The van der Waals surface area contributed by atoms with Crippen molar-refractivity contribution in [3.63, 3.8) is 0 Å². The Bertz CT molecular complexity index is 770. The second-order valence-corrected chi connectivity index (χ2v) is 6.20. The van der Waals surface area contributed by atoms with Crippen LogP contribution >= 0.6 is 24.8 Å². The van der Waals surface area contributed by atoms with Crippen LogP contribution in [-0.4, -0.2) is 36.8 Å². The summed E-state index contributed by atoms with van der Waals surface area (Å²) in [5.74, 6) is 1.55. The maximum Gasteiger partial charge on any atom is 0.240 e. The van der Waals surface area contributed by atoms with Crippen molar-refractivity contribution in [3.8, 4) is 17.4 Å². The molecule has 0 unspecified atom stereocenters. The van der Waals surface area contributed by atoms with Crippen molar-refractivity contribution in [2.75, 3.05) is 20.3 Å². The molecule has 0 atom stereocenters. The fourth-order valence-corrected chi connectivity index (χ4v) is 2.74. The van der Waals surface area contributed by atoms with Crippen LogP contribution in [0.3, 0.4) is 0 Å². The third-order valence-electron chi connectivity index (χ3n) is 4.38. The van der Waals surface area contributed by atoms with Gasteiger partial charge in [-0.15, -0.1) is 24.8 Å². The molecule has 0 saturated carbocycles. The smallest absolute Gasteiger partial charge is 0.240 e. The maximum atomic E-state index is 12.5. The fraction of sp³-hybridized carbons (Fsp3) is 0.368. The van der Waals surface area contributed by atoms with Gasteiger partial charge in [0.1, 0.15) is 11.5 Å². The third-order valence-corrected chi connectivity index (χ3v) is 4.38. The van der Waals surface area contributed by atoms with Crippen molar-refractivity contribution in [2.45, 2.75) is 24.9 Å². The molecular formula is C19H25Cl2N3O4. The van der Waals surface area contributed by atoms with Crippen LogP contribution in [0.5, 0.6) is 17.4 Å². The maximum absolute atomic E-state index is 12.5. The van der Waals surface area contributed by atoms with Gasteiger partial charge in [0.2, 0.25) is 11.8 Å². The van der Waals surface area contributed by atoms with Gasteiger partial charge in [0.25, 0.3) is 0 Å². The topological polar surface area (TPSA) is 95.7 Å². The van der Waals surface area contributed by atoms with Gasteiger partial charge in [-0.2, -0.15) is 0 Å². The second-order valence-electron chi connectivity index (χ2n) is 6.20. The molecule has 1 aliphatic heterocycles. The molecule has 3 rings (SSSR count). The quantitative estimate of drug-likeness (QED) is 0.732. The number of rotatable bonds is 6. The van der Waals surface area contributed by atoms with Gasteiger partial charge in [0, 0.05) is 37.6 Å². The van der Waals surface area contributed by atoms with Crippen LogP contribution in [0.2, 0.25) is 0 Å². The van der Waals surface area contributed by atoms with E-state index in [1.165, 1.54) is 0 Å². The normalized spacial score (nSPS) is 14.8. The van der Waals surface area contributed by atoms with Crippen LogP contribution in [0, 0.1) is 0 Å². The Labute approximate surface area is 176 Å². The summed E-state index contributed by atoms with van der Waals surface area (Å²) in [5.41, 5.74) is 6.09. The molecule has 1 saturated heterocycles. The molecule has 9 heteroatoms. The van der Waals surface area contributed by atoms with E-state index < -0.39 is 5.54 Å². The van der Waals surface area contributed by atoms with Crippen molar-refractivity contribution in [1.29, 1.82) is 0 Å². The summed E-state index contributed by atoms with van der Waals surface area (Å²) in [5, 5.41) is 2.89. The van der Waals surface area contributed by atoms with E-state index in [0.29, 0.717) is 43.4 Å². The molecule has 1 fully saturated rings. The summed E-state index contributed by atoms with van der Waals surface area (Å²) < 4.78 is 16.3. The first-order chi connectivity index (χ1) is 12.6. The lowest BCUT2D eigenvalue weighted by molar-refractivity contribution is -0.129. The van der Waals surface area contributed by atoms with Gasteiger partial charge in [-0.25, -0.2) is 4.98 Å². The second kappa shape index (κ2) is 11.1. The van der Waals surface area contributed by atoms with E-state index in [1.54, 1.807) is 25.4 Å². The molecule has 1 aromatic carbocycles. The number of nitrogens with two attached hydrogens (primary N) is 1. The zero-order valence-electron chi connectivity index (χ0n) is 15.6. The molecule has 0 radical (unpaired) electrons. The number of pyridine rings is 1. The van der Waals surface area contributed by atoms with E-state index in [4.69, 9.17) is 19.9 Å². The highest BCUT2D eigenvalue weighted by Crippen LogP contribution is 2.26. The molecule has 28 heavy (non-hydrogen) atoms. The van der Waals surface area contributed by atoms with Crippen LogP contribution in [0.4, 0.5) is 0 Å². The van der Waals surface area contributed by atoms with Gasteiger partial charge in [-0.1, -0.05) is 12.1 Å². The van der Waals surface area contributed by atoms with Gasteiger partial charge < -0.3 is 25.3 Å². The molecule has 1 amide bonds. The Morgan fingerprint density at radius 3 is 2.64 bits per heavy atom. The first-order valence-corrected chi connectivity index (χ1v) is 8.51. The molecule has 0 spiro atoms. The SMILES string of the molecule is COc1cccc(Oc2ncccc2CNC(=O)C2(N)CCOCC2)c1.Cl.Cl. The number of nitrogens with one attached hydrogen (secondary N) is 1. The molecule has 2 aromatic rings. The van der Waals surface area contributed by atoms with Crippen LogP contribution in [0.1, 0.15) is 18.4 Å². The van der Waals surface area contributed by atoms with Gasteiger partial charge in [0.05, 0.1) is 12.6 Å². The summed E-state index contributed by atoms with van der Waals surface area (Å²) in [6.45, 7) is 1.29. The molecule has 1 aliphatic rings. The lowest BCUT2D eigenvalue weighted by Gasteiger charge is -2.31. The number of nitrogens with zero attached hydrogens (tertiary/aromatic N) is 1. The summed E-state index contributed by atoms with van der Waals surface area (Å²) in [6.07, 6.45) is 2.67. The molecular weight excluding hydrogens is 405 g/mol. The highest BCUT2D eigenvalue weighted by molar-refractivity contribution is 5.86. The lowest BCUT2D eigenvalue weighted by Crippen LogP contribution is -2.56. The highest BCUT2D eigenvalue weighted by atomic mass is 35.5. The zero-order chi connectivity index (χ0) is 18.4. The average Bonchev–Trinajstić information content (AvgIpc) is 2.68. The number of hydrogen-bond donors (Lipinski definition) is 2. The van der Waals surface area contributed by atoms with E-state index >= 15 is 0 Å². The number of benzene rings is 1. The van der Waals surface area contributed by atoms with Gasteiger partial charge in [0.15, 0.2) is 0 Å². The Balaban J connectivity index is 0.00000196. The first-order valence-electron chi connectivity index (χ1n) is 8.51. The number of ether oxygens (including phenoxy) is 3. The van der Waals surface area contributed by atoms with Gasteiger partial charge >= 0.3 is 0 Å². The minimum atomic E-state index is -0.881. The largest absolute Gasteiger partial charge is 0.497 e. The summed E-state index contributed by atoms with van der Waals surface area (Å²) in [4.78, 5) is 16.7. The van der Waals surface area contributed by atoms with E-state index in [9.17, 15) is 4.79 Å². The lowest BCUT2D eigenvalue weighted by atomic mass is 9.90. The van der Waals surface area contributed by atoms with E-state index in [-0.39, 0.29) is 37.3 Å². The molecule has 3 N–H and O–H groups in total. The van der Waals surface area contributed by atoms with E-state index in [0.717, 1.165) is 5.56 Å². The van der Waals surface area contributed by atoms with Gasteiger partial charge in [-0.3, -0.25) is 4.79 Å². The number of methoxy groups -OCH3 is 1. The molecule has 0 aliphatic carbocycles. The van der Waals surface area contributed by atoms with Crippen molar-refractivity contribution >= 4 is 30.7 Å². The zero-order valence-corrected chi connectivity index (χ0v) is 17.2. The highest BCUT2D eigenvalue weighted by Gasteiger charge is 2.35. The Kier molecular flexibility index (Phi) is 9.48. The standard InChI is InChI=1S/C19H23N3O4.2ClH/c1-24-15-5-2-6-16(12-15)26-17-14(4-3-9-21-17)13-22-18(23)19(20)7-10-25-11-8-19;;/h2-6,9,12H,7-8,10-11,13,20H2,1H3,(H,22,23);2*1H. The minimum Gasteiger partial charge on any atom is -0.497 e. The van der Waals surface area contributed by atoms with Crippen molar-refractivity contribution < 1.29 is 19.0 Å². The number of aromatic nitrogens is 1. The van der Waals surface area contributed by atoms with Crippen molar-refractivity contribution in [3.05, 3.63) is 48.2 Å². The Morgan fingerprint density at radius 2 is 1.93 bits per heavy atom. The predicted octanol–water partition coefficient (Wildman–Crippen LogP) is 2.85. The average molecular weight is 430 g/mol.